The third-order valence-corrected chi connectivity index (χ3v) is 12.0. The topological polar surface area (TPSA) is 124 Å². The minimum absolute atomic E-state index is 0.0611. The highest BCUT2D eigenvalue weighted by Gasteiger charge is 2.33. The number of para-hydroxylation sites is 1. The molecule has 0 radical (unpaired) electrons. The molecule has 0 fully saturated rings. The zero-order valence-electron chi connectivity index (χ0n) is 33.9. The van der Waals surface area contributed by atoms with E-state index in [0.29, 0.717) is 77.0 Å². The van der Waals surface area contributed by atoms with E-state index < -0.39 is 0 Å². The summed E-state index contributed by atoms with van der Waals surface area (Å²) in [4.78, 5) is 48.7. The number of aromatic nitrogens is 2. The van der Waals surface area contributed by atoms with Gasteiger partial charge in [-0.3, -0.25) is 19.3 Å². The minimum atomic E-state index is -0.327. The number of phenolic OH excluding ortho intramolecular Hbond substituents is 1. The van der Waals surface area contributed by atoms with Crippen molar-refractivity contribution in [2.45, 2.75) is 52.7 Å². The van der Waals surface area contributed by atoms with Crippen LogP contribution >= 0.6 is 0 Å². The lowest BCUT2D eigenvalue weighted by Gasteiger charge is -2.36. The zero-order chi connectivity index (χ0) is 41.5. The smallest absolute Gasteiger partial charge is 0.264 e. The second-order valence-electron chi connectivity index (χ2n) is 15.5. The Morgan fingerprint density at radius 2 is 1.53 bits per heavy atom. The molecule has 2 aliphatic rings. The molecule has 11 heteroatoms. The fourth-order valence-corrected chi connectivity index (χ4v) is 8.35. The van der Waals surface area contributed by atoms with Crippen LogP contribution in [0.4, 0.5) is 11.4 Å². The van der Waals surface area contributed by atoms with Gasteiger partial charge in [0.1, 0.15) is 23.3 Å². The first-order valence-electron chi connectivity index (χ1n) is 19.8. The van der Waals surface area contributed by atoms with Crippen LogP contribution in [0.25, 0.3) is 11.3 Å². The van der Waals surface area contributed by atoms with Gasteiger partial charge in [0, 0.05) is 73.7 Å². The number of carbonyl (C=O) groups is 3. The Balaban J connectivity index is 1.20. The maximum Gasteiger partial charge on any atom is 0.264 e. The number of carbonyl (C=O) groups excluding carboxylic acids is 3. The molecule has 1 N–H and O–H groups in total. The SMILES string of the molecule is Cc1c(N(C(=O)c2cc(-c3cc4c(cc3C(=O)N3Cc5ccccc5C[C@H]3C)CN(C(=O)COc3ccccc3)CC4)n(C)c2C)c2ccc(O)cc2)cc(C#N)n1C. The number of nitrogens with zero attached hydrogens (tertiary/aromatic N) is 6. The van der Waals surface area contributed by atoms with Crippen LogP contribution in [0.2, 0.25) is 0 Å². The van der Waals surface area contributed by atoms with Gasteiger partial charge in [-0.25, -0.2) is 0 Å². The lowest BCUT2D eigenvalue weighted by molar-refractivity contribution is -0.134. The van der Waals surface area contributed by atoms with Crippen molar-refractivity contribution in [1.29, 1.82) is 5.26 Å². The summed E-state index contributed by atoms with van der Waals surface area (Å²) in [5.41, 5.74) is 9.47. The molecule has 6 aromatic rings. The molecular formula is C48H46N6O5. The van der Waals surface area contributed by atoms with E-state index in [4.69, 9.17) is 4.74 Å². The second kappa shape index (κ2) is 15.7. The molecule has 4 heterocycles. The van der Waals surface area contributed by atoms with Crippen LogP contribution < -0.4 is 9.64 Å². The maximum atomic E-state index is 15.0. The van der Waals surface area contributed by atoms with Crippen LogP contribution in [0.3, 0.4) is 0 Å². The first-order valence-corrected chi connectivity index (χ1v) is 19.8. The Morgan fingerprint density at radius 3 is 2.24 bits per heavy atom. The Bertz CT molecular complexity index is 2650. The summed E-state index contributed by atoms with van der Waals surface area (Å²) >= 11 is 0. The number of hydrogen-bond donors (Lipinski definition) is 1. The average Bonchev–Trinajstić information content (AvgIpc) is 3.71. The van der Waals surface area contributed by atoms with E-state index >= 15 is 4.79 Å². The number of rotatable bonds is 8. The monoisotopic (exact) mass is 786 g/mol. The van der Waals surface area contributed by atoms with Crippen molar-refractivity contribution in [2.24, 2.45) is 14.1 Å². The van der Waals surface area contributed by atoms with Crippen LogP contribution in [-0.2, 0) is 44.8 Å². The molecule has 0 bridgehead atoms. The minimum Gasteiger partial charge on any atom is -0.508 e. The van der Waals surface area contributed by atoms with E-state index in [1.165, 1.54) is 17.7 Å². The predicted molar refractivity (Wildman–Crippen MR) is 226 cm³/mol. The van der Waals surface area contributed by atoms with Crippen molar-refractivity contribution in [2.75, 3.05) is 18.1 Å². The molecule has 0 aliphatic carbocycles. The van der Waals surface area contributed by atoms with Crippen LogP contribution in [0.1, 0.15) is 67.0 Å². The highest BCUT2D eigenvalue weighted by Crippen LogP contribution is 2.38. The molecule has 11 nitrogen and oxygen atoms in total. The molecule has 4 aromatic carbocycles. The Morgan fingerprint density at radius 1 is 0.814 bits per heavy atom. The second-order valence-corrected chi connectivity index (χ2v) is 15.5. The quantitative estimate of drug-likeness (QED) is 0.168. The van der Waals surface area contributed by atoms with E-state index in [1.54, 1.807) is 39.6 Å². The Hall–Kier alpha value is -7.06. The van der Waals surface area contributed by atoms with Crippen LogP contribution in [0.15, 0.2) is 103 Å². The molecule has 298 valence electrons. The Labute approximate surface area is 343 Å². The van der Waals surface area contributed by atoms with E-state index in [9.17, 15) is 20.0 Å². The summed E-state index contributed by atoms with van der Waals surface area (Å²) in [5.74, 6) is 0.105. The van der Waals surface area contributed by atoms with E-state index in [0.717, 1.165) is 28.8 Å². The van der Waals surface area contributed by atoms with Gasteiger partial charge in [-0.15, -0.1) is 0 Å². The van der Waals surface area contributed by atoms with Crippen LogP contribution in [0.5, 0.6) is 11.5 Å². The summed E-state index contributed by atoms with van der Waals surface area (Å²) < 4.78 is 9.50. The number of phenols is 1. The third-order valence-electron chi connectivity index (χ3n) is 12.0. The summed E-state index contributed by atoms with van der Waals surface area (Å²) in [6.07, 6.45) is 1.31. The largest absolute Gasteiger partial charge is 0.508 e. The van der Waals surface area contributed by atoms with Crippen molar-refractivity contribution in [3.8, 4) is 28.8 Å². The Kier molecular flexibility index (Phi) is 10.3. The first kappa shape index (κ1) is 38.8. The van der Waals surface area contributed by atoms with Gasteiger partial charge in [0.2, 0.25) is 0 Å². The van der Waals surface area contributed by atoms with Gasteiger partial charge in [-0.05, 0) is 117 Å². The number of aromatic hydroxyl groups is 1. The van der Waals surface area contributed by atoms with Gasteiger partial charge >= 0.3 is 0 Å². The molecule has 2 aromatic heterocycles. The van der Waals surface area contributed by atoms with Crippen molar-refractivity contribution in [3.63, 3.8) is 0 Å². The molecule has 0 spiro atoms. The number of amides is 3. The number of nitriles is 1. The van der Waals surface area contributed by atoms with Gasteiger partial charge in [0.05, 0.1) is 11.3 Å². The van der Waals surface area contributed by atoms with Crippen molar-refractivity contribution >= 4 is 29.1 Å². The van der Waals surface area contributed by atoms with Gasteiger partial charge in [0.15, 0.2) is 6.61 Å². The maximum absolute atomic E-state index is 15.0. The van der Waals surface area contributed by atoms with E-state index in [2.05, 4.69) is 31.2 Å². The molecule has 0 unspecified atom stereocenters. The zero-order valence-corrected chi connectivity index (χ0v) is 33.9. The van der Waals surface area contributed by atoms with Gasteiger partial charge in [0.25, 0.3) is 17.7 Å². The van der Waals surface area contributed by atoms with Gasteiger partial charge in [-0.2, -0.15) is 5.26 Å². The molecule has 8 rings (SSSR count). The van der Waals surface area contributed by atoms with Crippen molar-refractivity contribution in [1.82, 2.24) is 18.9 Å². The fraction of sp³-hybridized carbons (Fsp3) is 0.250. The van der Waals surface area contributed by atoms with Crippen molar-refractivity contribution < 1.29 is 24.2 Å². The fourth-order valence-electron chi connectivity index (χ4n) is 8.35. The standard InChI is InChI=1S/C48H46N6O5/c1-30-21-33-11-9-10-12-35(33)28-53(30)47(57)43-23-36-27-52(46(56)29-59-40-13-7-6-8-14-40)20-19-34(36)22-42(43)45-25-41(31(2)51(45)5)48(58)54(37-15-17-39(55)18-16-37)44-24-38(26-49)50(4)32(44)3/h6-18,22-25,30,55H,19-21,27-29H2,1-5H3/t30-/m1/s1. The molecule has 0 saturated heterocycles. The highest BCUT2D eigenvalue weighted by atomic mass is 16.5. The number of hydrogen-bond acceptors (Lipinski definition) is 6. The van der Waals surface area contributed by atoms with Crippen molar-refractivity contribution in [3.05, 3.63) is 154 Å². The molecule has 1 atom stereocenters. The number of benzene rings is 4. The van der Waals surface area contributed by atoms with Gasteiger partial charge < -0.3 is 28.8 Å². The average molecular weight is 787 g/mol. The highest BCUT2D eigenvalue weighted by molar-refractivity contribution is 6.13. The van der Waals surface area contributed by atoms with E-state index in [1.807, 2.05) is 85.0 Å². The lowest BCUT2D eigenvalue weighted by atomic mass is 9.89. The molecule has 3 amide bonds. The summed E-state index contributed by atoms with van der Waals surface area (Å²) in [5, 5.41) is 20.0. The predicted octanol–water partition coefficient (Wildman–Crippen LogP) is 7.75. The molecule has 59 heavy (non-hydrogen) atoms. The van der Waals surface area contributed by atoms with Crippen LogP contribution in [0, 0.1) is 25.2 Å². The molecular weight excluding hydrogens is 741 g/mol. The summed E-state index contributed by atoms with van der Waals surface area (Å²) in [7, 11) is 3.68. The number of anilines is 2. The summed E-state index contributed by atoms with van der Waals surface area (Å²) in [6.45, 7) is 7.02. The molecule has 0 saturated carbocycles. The van der Waals surface area contributed by atoms with Crippen LogP contribution in [-0.4, -0.2) is 61.0 Å². The number of fused-ring (bicyclic) bond motifs is 2. The van der Waals surface area contributed by atoms with E-state index in [-0.39, 0.29) is 36.1 Å². The van der Waals surface area contributed by atoms with Gasteiger partial charge in [-0.1, -0.05) is 42.5 Å². The summed E-state index contributed by atoms with van der Waals surface area (Å²) in [6, 6.07) is 33.6. The lowest BCUT2D eigenvalue weighted by Crippen LogP contribution is -2.43. The first-order chi connectivity index (χ1) is 28.4. The normalized spacial score (nSPS) is 14.6. The molecule has 2 aliphatic heterocycles. The number of ether oxygens (including phenoxy) is 1. The third kappa shape index (κ3) is 7.23.